The third-order valence-electron chi connectivity index (χ3n) is 3.88. The van der Waals surface area contributed by atoms with Gasteiger partial charge in [-0.2, -0.15) is 10.2 Å². The van der Waals surface area contributed by atoms with Crippen LogP contribution >= 0.6 is 11.3 Å². The number of nitriles is 1. The first-order valence-corrected chi connectivity index (χ1v) is 9.01. The molecule has 0 spiro atoms. The van der Waals surface area contributed by atoms with Gasteiger partial charge in [-0.05, 0) is 17.5 Å². The number of nitrogens with one attached hydrogen (secondary N) is 2. The molecule has 0 radical (unpaired) electrons. The molecule has 1 aliphatic rings. The lowest BCUT2D eigenvalue weighted by Gasteiger charge is -2.23. The Hall–Kier alpha value is -2.14. The lowest BCUT2D eigenvalue weighted by Crippen LogP contribution is -3.14. The molecule has 6 nitrogen and oxygen atoms in total. The molecule has 2 aromatic rings. The minimum Gasteiger partial charge on any atom is -0.420 e. The Morgan fingerprint density at radius 1 is 1.38 bits per heavy atom. The predicted octanol–water partition coefficient (Wildman–Crippen LogP) is 1.50. The van der Waals surface area contributed by atoms with Gasteiger partial charge in [0, 0.05) is 23.9 Å². The summed E-state index contributed by atoms with van der Waals surface area (Å²) in [5.74, 6) is 0.904. The highest BCUT2D eigenvalue weighted by atomic mass is 32.1. The van der Waals surface area contributed by atoms with Crippen LogP contribution in [0, 0.1) is 11.3 Å². The Morgan fingerprint density at radius 3 is 3.00 bits per heavy atom. The highest BCUT2D eigenvalue weighted by molar-refractivity contribution is 7.10. The van der Waals surface area contributed by atoms with Crippen molar-refractivity contribution in [3.05, 3.63) is 34.0 Å². The molecule has 2 N–H and O–H groups in total. The summed E-state index contributed by atoms with van der Waals surface area (Å²) < 4.78 is 11.0. The lowest BCUT2D eigenvalue weighted by atomic mass is 10.3. The van der Waals surface area contributed by atoms with Crippen molar-refractivity contribution in [2.45, 2.75) is 6.42 Å². The standard InChI is InChI=1S/C17H20N4O2S/c18-13-15-17(19-6-2-7-21-8-10-22-11-9-21)23-16(20-15)5-4-14-3-1-12-24-14/h1,3-5,12,19H,2,6-11H2/p+1/b5-4+. The molecular formula is C17H21N4O2S+. The van der Waals surface area contributed by atoms with Crippen LogP contribution in [0.25, 0.3) is 12.2 Å². The fraction of sp³-hybridized carbons (Fsp3) is 0.412. The molecule has 126 valence electrons. The van der Waals surface area contributed by atoms with Crippen molar-refractivity contribution in [3.8, 4) is 6.07 Å². The molecule has 1 aliphatic heterocycles. The van der Waals surface area contributed by atoms with E-state index in [0.29, 0.717) is 17.5 Å². The minimum absolute atomic E-state index is 0.305. The SMILES string of the molecule is N#Cc1nc(/C=C/c2cccs2)oc1NCCC[NH+]1CCOCC1. The van der Waals surface area contributed by atoms with Gasteiger partial charge in [-0.15, -0.1) is 11.3 Å². The van der Waals surface area contributed by atoms with Gasteiger partial charge in [-0.3, -0.25) is 0 Å². The number of anilines is 1. The summed E-state index contributed by atoms with van der Waals surface area (Å²) in [5, 5.41) is 14.4. The summed E-state index contributed by atoms with van der Waals surface area (Å²) >= 11 is 1.64. The summed E-state index contributed by atoms with van der Waals surface area (Å²) in [7, 11) is 0. The number of hydrogen-bond acceptors (Lipinski definition) is 6. The molecule has 7 heteroatoms. The number of nitrogens with zero attached hydrogens (tertiary/aromatic N) is 2. The van der Waals surface area contributed by atoms with E-state index in [-0.39, 0.29) is 0 Å². The fourth-order valence-electron chi connectivity index (χ4n) is 2.59. The van der Waals surface area contributed by atoms with Crippen LogP contribution in [-0.2, 0) is 4.74 Å². The van der Waals surface area contributed by atoms with Crippen LogP contribution in [0.3, 0.4) is 0 Å². The van der Waals surface area contributed by atoms with Gasteiger partial charge in [0.2, 0.25) is 17.5 Å². The van der Waals surface area contributed by atoms with Gasteiger partial charge in [0.25, 0.3) is 0 Å². The van der Waals surface area contributed by atoms with Crippen LogP contribution < -0.4 is 10.2 Å². The number of quaternary nitrogens is 1. The molecule has 0 unspecified atom stereocenters. The normalized spacial score (nSPS) is 15.6. The van der Waals surface area contributed by atoms with Gasteiger partial charge in [0.05, 0.1) is 19.8 Å². The molecule has 0 amide bonds. The van der Waals surface area contributed by atoms with Crippen molar-refractivity contribution in [1.82, 2.24) is 4.98 Å². The average Bonchev–Trinajstić information content (AvgIpc) is 3.27. The average molecular weight is 345 g/mol. The maximum atomic E-state index is 9.19. The molecule has 1 saturated heterocycles. The number of ether oxygens (including phenoxy) is 1. The van der Waals surface area contributed by atoms with Crippen LogP contribution in [0.2, 0.25) is 0 Å². The van der Waals surface area contributed by atoms with Crippen molar-refractivity contribution in [3.63, 3.8) is 0 Å². The summed E-state index contributed by atoms with van der Waals surface area (Å²) in [5.41, 5.74) is 0.305. The first kappa shape index (κ1) is 16.7. The molecule has 0 saturated carbocycles. The summed E-state index contributed by atoms with van der Waals surface area (Å²) in [6.07, 6.45) is 4.74. The van der Waals surface area contributed by atoms with E-state index in [9.17, 15) is 5.26 Å². The van der Waals surface area contributed by atoms with Crippen LogP contribution in [0.4, 0.5) is 5.88 Å². The van der Waals surface area contributed by atoms with E-state index in [2.05, 4.69) is 16.4 Å². The predicted molar refractivity (Wildman–Crippen MR) is 94.0 cm³/mol. The van der Waals surface area contributed by atoms with Gasteiger partial charge in [0.1, 0.15) is 19.2 Å². The molecule has 1 fully saturated rings. The number of aromatic nitrogens is 1. The van der Waals surface area contributed by atoms with Gasteiger partial charge in [-0.25, -0.2) is 0 Å². The zero-order chi connectivity index (χ0) is 16.6. The van der Waals surface area contributed by atoms with Crippen molar-refractivity contribution in [2.24, 2.45) is 0 Å². The number of thiophene rings is 1. The van der Waals surface area contributed by atoms with Crippen LogP contribution in [0.5, 0.6) is 0 Å². The van der Waals surface area contributed by atoms with E-state index in [1.54, 1.807) is 22.3 Å². The van der Waals surface area contributed by atoms with Gasteiger partial charge < -0.3 is 19.4 Å². The van der Waals surface area contributed by atoms with Crippen molar-refractivity contribution in [1.29, 1.82) is 5.26 Å². The molecule has 0 bridgehead atoms. The molecule has 0 atom stereocenters. The van der Waals surface area contributed by atoms with E-state index >= 15 is 0 Å². The Labute approximate surface area is 145 Å². The van der Waals surface area contributed by atoms with E-state index < -0.39 is 0 Å². The Kier molecular flexibility index (Phi) is 6.01. The van der Waals surface area contributed by atoms with E-state index in [4.69, 9.17) is 9.15 Å². The first-order valence-electron chi connectivity index (χ1n) is 8.13. The molecular weight excluding hydrogens is 324 g/mol. The molecule has 3 heterocycles. The van der Waals surface area contributed by atoms with Gasteiger partial charge in [0.15, 0.2) is 0 Å². The Morgan fingerprint density at radius 2 is 2.25 bits per heavy atom. The van der Waals surface area contributed by atoms with Crippen LogP contribution in [0.15, 0.2) is 21.9 Å². The van der Waals surface area contributed by atoms with Gasteiger partial charge >= 0.3 is 0 Å². The maximum absolute atomic E-state index is 9.19. The number of morpholine rings is 1. The minimum atomic E-state index is 0.305. The van der Waals surface area contributed by atoms with Crippen molar-refractivity contribution >= 4 is 29.4 Å². The highest BCUT2D eigenvalue weighted by Crippen LogP contribution is 2.19. The van der Waals surface area contributed by atoms with Crippen molar-refractivity contribution < 1.29 is 14.1 Å². The topological polar surface area (TPSA) is 75.5 Å². The Balaban J connectivity index is 1.50. The molecule has 0 aromatic carbocycles. The van der Waals surface area contributed by atoms with Gasteiger partial charge in [-0.1, -0.05) is 6.07 Å². The molecule has 3 rings (SSSR count). The maximum Gasteiger partial charge on any atom is 0.232 e. The molecule has 24 heavy (non-hydrogen) atoms. The molecule has 0 aliphatic carbocycles. The second-order valence-corrected chi connectivity index (χ2v) is 6.56. The zero-order valence-corrected chi connectivity index (χ0v) is 14.3. The second kappa shape index (κ2) is 8.64. The first-order chi connectivity index (χ1) is 11.8. The zero-order valence-electron chi connectivity index (χ0n) is 13.5. The van der Waals surface area contributed by atoms with Crippen LogP contribution in [-0.4, -0.2) is 44.4 Å². The van der Waals surface area contributed by atoms with Crippen LogP contribution in [0.1, 0.15) is 22.9 Å². The summed E-state index contributed by atoms with van der Waals surface area (Å²) in [4.78, 5) is 6.89. The number of oxazole rings is 1. The summed E-state index contributed by atoms with van der Waals surface area (Å²) in [6.45, 7) is 5.71. The smallest absolute Gasteiger partial charge is 0.232 e. The third kappa shape index (κ3) is 4.68. The van der Waals surface area contributed by atoms with E-state index in [1.165, 1.54) is 0 Å². The molecule has 2 aromatic heterocycles. The Bertz CT molecular complexity index is 697. The third-order valence-corrected chi connectivity index (χ3v) is 4.71. The largest absolute Gasteiger partial charge is 0.420 e. The number of hydrogen-bond donors (Lipinski definition) is 2. The monoisotopic (exact) mass is 345 g/mol. The highest BCUT2D eigenvalue weighted by Gasteiger charge is 2.14. The van der Waals surface area contributed by atoms with E-state index in [1.807, 2.05) is 23.6 Å². The number of rotatable bonds is 7. The summed E-state index contributed by atoms with van der Waals surface area (Å²) in [6, 6.07) is 6.09. The fourth-order valence-corrected chi connectivity index (χ4v) is 3.21. The second-order valence-electron chi connectivity index (χ2n) is 5.58. The van der Waals surface area contributed by atoms with Crippen molar-refractivity contribution in [2.75, 3.05) is 44.7 Å². The quantitative estimate of drug-likeness (QED) is 0.744. The lowest BCUT2D eigenvalue weighted by molar-refractivity contribution is -0.908. The van der Waals surface area contributed by atoms with E-state index in [0.717, 1.165) is 50.7 Å².